The second kappa shape index (κ2) is 7.17. The normalized spacial score (nSPS) is 22.0. The molecule has 31 heavy (non-hydrogen) atoms. The summed E-state index contributed by atoms with van der Waals surface area (Å²) in [6, 6.07) is 0.309. The number of imidazole rings is 1. The summed E-state index contributed by atoms with van der Waals surface area (Å²) in [4.78, 5) is 27.9. The monoisotopic (exact) mass is 423 g/mol. The Kier molecular flexibility index (Phi) is 4.40. The van der Waals surface area contributed by atoms with E-state index in [2.05, 4.69) is 41.4 Å². The lowest BCUT2D eigenvalue weighted by atomic mass is 9.80. The minimum Gasteiger partial charge on any atom is -0.365 e. The number of fused-ring (bicyclic) bond motifs is 1. The predicted octanol–water partition coefficient (Wildman–Crippen LogP) is 3.74. The maximum absolute atomic E-state index is 11.4. The van der Waals surface area contributed by atoms with Crippen LogP contribution in [0.1, 0.15) is 64.7 Å². The van der Waals surface area contributed by atoms with Gasteiger partial charge in [0.2, 0.25) is 11.6 Å². The van der Waals surface area contributed by atoms with E-state index in [0.717, 1.165) is 17.9 Å². The number of nitrogens with one attached hydrogen (secondary N) is 2. The van der Waals surface area contributed by atoms with E-state index < -0.39 is 5.76 Å². The molecule has 2 N–H and O–H groups in total. The average molecular weight is 424 g/mol. The lowest BCUT2D eigenvalue weighted by Gasteiger charge is -2.32. The lowest BCUT2D eigenvalue weighted by Crippen LogP contribution is -2.31. The van der Waals surface area contributed by atoms with Crippen molar-refractivity contribution in [2.24, 2.45) is 17.3 Å². The quantitative estimate of drug-likeness (QED) is 0.620. The summed E-state index contributed by atoms with van der Waals surface area (Å²) >= 11 is 0. The first-order chi connectivity index (χ1) is 15.1. The molecule has 3 aromatic rings. The van der Waals surface area contributed by atoms with Crippen LogP contribution in [0.5, 0.6) is 0 Å². The highest BCUT2D eigenvalue weighted by atomic mass is 16.5. The second-order valence-electron chi connectivity index (χ2n) is 9.98. The standard InChI is InChI=1S/C22H29N7O2/c1-13(15-3-2-4-15)24-18-16-17(25-19(26-18)20-27-21(30)31-28-20)23-12-29(16)11-14-5-7-22(8-6-14)9-10-22/h12-15H,2-11H2,1H3,(H,24,25,26)(H,27,28,30)/t13-/m1/s1. The number of anilines is 1. The number of hydrogen-bond donors (Lipinski definition) is 2. The van der Waals surface area contributed by atoms with Gasteiger partial charge in [0.1, 0.15) is 5.52 Å². The third kappa shape index (κ3) is 3.53. The molecule has 3 heterocycles. The maximum atomic E-state index is 11.4. The molecule has 0 aliphatic heterocycles. The third-order valence-corrected chi connectivity index (χ3v) is 7.92. The highest BCUT2D eigenvalue weighted by Gasteiger charge is 2.44. The van der Waals surface area contributed by atoms with Gasteiger partial charge in [0.15, 0.2) is 11.5 Å². The van der Waals surface area contributed by atoms with Crippen LogP contribution in [0.15, 0.2) is 15.6 Å². The topological polar surface area (TPSA) is 115 Å². The first kappa shape index (κ1) is 19.0. The Labute approximate surface area is 180 Å². The van der Waals surface area contributed by atoms with Gasteiger partial charge >= 0.3 is 5.76 Å². The van der Waals surface area contributed by atoms with Gasteiger partial charge in [0, 0.05) is 12.6 Å². The summed E-state index contributed by atoms with van der Waals surface area (Å²) in [6.45, 7) is 3.16. The van der Waals surface area contributed by atoms with Gasteiger partial charge in [-0.15, -0.1) is 0 Å². The molecule has 9 nitrogen and oxygen atoms in total. The molecule has 0 amide bonds. The zero-order chi connectivity index (χ0) is 21.0. The van der Waals surface area contributed by atoms with Gasteiger partial charge in [-0.05, 0) is 75.5 Å². The molecule has 0 radical (unpaired) electrons. The average Bonchev–Trinajstić information content (AvgIpc) is 3.12. The molecule has 164 valence electrons. The Morgan fingerprint density at radius 2 is 2.03 bits per heavy atom. The van der Waals surface area contributed by atoms with Crippen LogP contribution >= 0.6 is 0 Å². The first-order valence-electron chi connectivity index (χ1n) is 11.6. The van der Waals surface area contributed by atoms with E-state index in [4.69, 9.17) is 4.98 Å². The van der Waals surface area contributed by atoms with Crippen LogP contribution in [-0.4, -0.2) is 35.7 Å². The van der Waals surface area contributed by atoms with E-state index in [-0.39, 0.29) is 5.82 Å². The summed E-state index contributed by atoms with van der Waals surface area (Å²) in [7, 11) is 0. The fourth-order valence-electron chi connectivity index (χ4n) is 5.35. The third-order valence-electron chi connectivity index (χ3n) is 7.92. The summed E-state index contributed by atoms with van der Waals surface area (Å²) in [5.74, 6) is 2.02. The zero-order valence-corrected chi connectivity index (χ0v) is 17.9. The minimum absolute atomic E-state index is 0.225. The van der Waals surface area contributed by atoms with Crippen LogP contribution in [0.3, 0.4) is 0 Å². The molecule has 3 fully saturated rings. The van der Waals surface area contributed by atoms with Crippen molar-refractivity contribution in [3.8, 4) is 11.6 Å². The van der Waals surface area contributed by atoms with Crippen molar-refractivity contribution in [3.63, 3.8) is 0 Å². The smallest absolute Gasteiger partial charge is 0.365 e. The van der Waals surface area contributed by atoms with Gasteiger partial charge in [-0.1, -0.05) is 11.6 Å². The zero-order valence-electron chi connectivity index (χ0n) is 17.9. The van der Waals surface area contributed by atoms with Crippen molar-refractivity contribution in [2.75, 3.05) is 5.32 Å². The molecule has 0 bridgehead atoms. The van der Waals surface area contributed by atoms with Crippen molar-refractivity contribution >= 4 is 17.0 Å². The van der Waals surface area contributed by atoms with Crippen LogP contribution in [0, 0.1) is 17.3 Å². The van der Waals surface area contributed by atoms with Crippen molar-refractivity contribution in [2.45, 2.75) is 77.3 Å². The van der Waals surface area contributed by atoms with Gasteiger partial charge in [-0.2, -0.15) is 0 Å². The molecular weight excluding hydrogens is 394 g/mol. The summed E-state index contributed by atoms with van der Waals surface area (Å²) in [6.07, 6.45) is 13.9. The van der Waals surface area contributed by atoms with Crippen molar-refractivity contribution in [1.29, 1.82) is 0 Å². The minimum atomic E-state index is -0.618. The Bertz CT molecular complexity index is 1140. The summed E-state index contributed by atoms with van der Waals surface area (Å²) < 4.78 is 6.88. The number of nitrogens with zero attached hydrogens (tertiary/aromatic N) is 5. The van der Waals surface area contributed by atoms with E-state index in [0.29, 0.717) is 34.8 Å². The Balaban J connectivity index is 1.34. The largest absolute Gasteiger partial charge is 0.439 e. The number of aromatic amines is 1. The molecule has 0 unspecified atom stereocenters. The molecule has 0 aromatic carbocycles. The van der Waals surface area contributed by atoms with Gasteiger partial charge in [-0.3, -0.25) is 9.51 Å². The Morgan fingerprint density at radius 1 is 1.23 bits per heavy atom. The van der Waals surface area contributed by atoms with Gasteiger partial charge in [-0.25, -0.2) is 19.7 Å². The molecule has 1 atom stereocenters. The van der Waals surface area contributed by atoms with Gasteiger partial charge in [0.05, 0.1) is 6.33 Å². The van der Waals surface area contributed by atoms with E-state index >= 15 is 0 Å². The highest BCUT2D eigenvalue weighted by Crippen LogP contribution is 2.57. The molecular formula is C22H29N7O2. The Hall–Kier alpha value is -2.71. The van der Waals surface area contributed by atoms with Crippen LogP contribution in [0.2, 0.25) is 0 Å². The van der Waals surface area contributed by atoms with Gasteiger partial charge < -0.3 is 9.88 Å². The van der Waals surface area contributed by atoms with Gasteiger partial charge in [0.25, 0.3) is 0 Å². The number of hydrogen-bond acceptors (Lipinski definition) is 7. The van der Waals surface area contributed by atoms with E-state index in [1.807, 2.05) is 6.33 Å². The fourth-order valence-corrected chi connectivity index (χ4v) is 5.35. The molecule has 3 aliphatic rings. The van der Waals surface area contributed by atoms with Crippen LogP contribution in [-0.2, 0) is 6.54 Å². The summed E-state index contributed by atoms with van der Waals surface area (Å²) in [5, 5.41) is 7.39. The summed E-state index contributed by atoms with van der Waals surface area (Å²) in [5.41, 5.74) is 2.25. The number of aromatic nitrogens is 6. The van der Waals surface area contributed by atoms with E-state index in [1.54, 1.807) is 0 Å². The SMILES string of the molecule is C[C@@H](Nc1nc(-c2noc(=O)[nH]2)nc2ncn(CC3CCC4(CC3)CC4)c12)C1CCC1. The fraction of sp³-hybridized carbons (Fsp3) is 0.682. The van der Waals surface area contributed by atoms with E-state index in [9.17, 15) is 4.79 Å². The molecule has 9 heteroatoms. The van der Waals surface area contributed by atoms with Crippen molar-refractivity contribution in [1.82, 2.24) is 29.7 Å². The second-order valence-corrected chi connectivity index (χ2v) is 9.98. The predicted molar refractivity (Wildman–Crippen MR) is 115 cm³/mol. The maximum Gasteiger partial charge on any atom is 0.439 e. The molecule has 1 spiro atoms. The molecule has 6 rings (SSSR count). The van der Waals surface area contributed by atoms with Crippen LogP contribution in [0.25, 0.3) is 22.8 Å². The van der Waals surface area contributed by atoms with Crippen molar-refractivity contribution in [3.05, 3.63) is 16.9 Å². The Morgan fingerprint density at radius 3 is 2.68 bits per heavy atom. The lowest BCUT2D eigenvalue weighted by molar-refractivity contribution is 0.238. The van der Waals surface area contributed by atoms with Crippen LogP contribution < -0.4 is 11.1 Å². The van der Waals surface area contributed by atoms with E-state index in [1.165, 1.54) is 57.8 Å². The first-order valence-corrected chi connectivity index (χ1v) is 11.6. The molecule has 3 saturated carbocycles. The molecule has 3 aromatic heterocycles. The number of H-pyrrole nitrogens is 1. The number of rotatable bonds is 6. The van der Waals surface area contributed by atoms with Crippen LogP contribution in [0.4, 0.5) is 5.82 Å². The van der Waals surface area contributed by atoms with Crippen molar-refractivity contribution < 1.29 is 4.52 Å². The molecule has 3 aliphatic carbocycles. The highest BCUT2D eigenvalue weighted by molar-refractivity contribution is 5.85. The molecule has 0 saturated heterocycles.